The molecule has 1 amide bonds. The van der Waals surface area contributed by atoms with Crippen LogP contribution in [0.25, 0.3) is 0 Å². The Morgan fingerprint density at radius 2 is 1.96 bits per heavy atom. The predicted octanol–water partition coefficient (Wildman–Crippen LogP) is 2.75. The fraction of sp³-hybridized carbons (Fsp3) is 0.188. The minimum absolute atomic E-state index is 0.102. The minimum atomic E-state index is -0.704. The van der Waals surface area contributed by atoms with Crippen molar-refractivity contribution in [3.63, 3.8) is 0 Å². The van der Waals surface area contributed by atoms with Gasteiger partial charge in [-0.3, -0.25) is 15.4 Å². The number of carbonyl (C=O) groups excluding carboxylic acids is 1. The fourth-order valence-electron chi connectivity index (χ4n) is 1.98. The number of ether oxygens (including phenoxy) is 1. The van der Waals surface area contributed by atoms with Crippen molar-refractivity contribution in [1.82, 2.24) is 0 Å². The molecule has 0 unspecified atom stereocenters. The van der Waals surface area contributed by atoms with Crippen molar-refractivity contribution < 1.29 is 19.6 Å². The molecule has 0 heterocycles. The summed E-state index contributed by atoms with van der Waals surface area (Å²) in [5.74, 6) is 0. The number of hydrogen-bond acceptors (Lipinski definition) is 6. The van der Waals surface area contributed by atoms with E-state index >= 15 is 0 Å². The quantitative estimate of drug-likeness (QED) is 0.531. The van der Waals surface area contributed by atoms with Gasteiger partial charge in [0.15, 0.2) is 0 Å². The summed E-state index contributed by atoms with van der Waals surface area (Å²) in [6.07, 6.45) is -0.704. The standard InChI is InChI=1S/C16H17N3O5/c20-9-8-17-14-7-6-13(10-15(14)19(22)23)18-16(21)24-11-12-4-2-1-3-5-12/h1-7,10,17,20H,8-9,11H2,(H,18,21). The van der Waals surface area contributed by atoms with Crippen LogP contribution in [0, 0.1) is 10.1 Å². The number of amides is 1. The van der Waals surface area contributed by atoms with Crippen LogP contribution in [0.1, 0.15) is 5.56 Å². The van der Waals surface area contributed by atoms with E-state index in [2.05, 4.69) is 10.6 Å². The molecule has 2 rings (SSSR count). The van der Waals surface area contributed by atoms with Gasteiger partial charge in [0.05, 0.1) is 17.2 Å². The molecule has 0 aliphatic rings. The largest absolute Gasteiger partial charge is 0.444 e. The van der Waals surface area contributed by atoms with Gasteiger partial charge < -0.3 is 15.2 Å². The lowest BCUT2D eigenvalue weighted by atomic mass is 10.2. The van der Waals surface area contributed by atoms with Gasteiger partial charge in [-0.05, 0) is 17.7 Å². The smallest absolute Gasteiger partial charge is 0.411 e. The van der Waals surface area contributed by atoms with E-state index in [1.165, 1.54) is 18.2 Å². The monoisotopic (exact) mass is 331 g/mol. The van der Waals surface area contributed by atoms with E-state index in [1.807, 2.05) is 30.3 Å². The summed E-state index contributed by atoms with van der Waals surface area (Å²) in [5, 5.41) is 25.1. The Balaban J connectivity index is 1.99. The predicted molar refractivity (Wildman–Crippen MR) is 88.9 cm³/mol. The molecule has 0 aliphatic carbocycles. The van der Waals surface area contributed by atoms with E-state index in [0.29, 0.717) is 0 Å². The number of nitro groups is 1. The topological polar surface area (TPSA) is 114 Å². The molecule has 8 nitrogen and oxygen atoms in total. The third-order valence-corrected chi connectivity index (χ3v) is 3.08. The number of benzene rings is 2. The molecular formula is C16H17N3O5. The van der Waals surface area contributed by atoms with Crippen molar-refractivity contribution in [3.8, 4) is 0 Å². The molecule has 0 aromatic heterocycles. The Kier molecular flexibility index (Phi) is 6.09. The second-order valence-electron chi connectivity index (χ2n) is 4.83. The molecule has 2 aromatic carbocycles. The molecule has 0 saturated heterocycles. The summed E-state index contributed by atoms with van der Waals surface area (Å²) < 4.78 is 5.06. The molecular weight excluding hydrogens is 314 g/mol. The summed E-state index contributed by atoms with van der Waals surface area (Å²) in [7, 11) is 0. The third kappa shape index (κ3) is 4.96. The number of nitrogens with zero attached hydrogens (tertiary/aromatic N) is 1. The van der Waals surface area contributed by atoms with Crippen LogP contribution in [0.2, 0.25) is 0 Å². The maximum Gasteiger partial charge on any atom is 0.411 e. The summed E-state index contributed by atoms with van der Waals surface area (Å²) in [6, 6.07) is 13.4. The van der Waals surface area contributed by atoms with Crippen molar-refractivity contribution in [3.05, 3.63) is 64.2 Å². The second-order valence-corrected chi connectivity index (χ2v) is 4.83. The van der Waals surface area contributed by atoms with Crippen molar-refractivity contribution in [2.45, 2.75) is 6.61 Å². The maximum atomic E-state index is 11.8. The van der Waals surface area contributed by atoms with Crippen molar-refractivity contribution in [2.24, 2.45) is 0 Å². The van der Waals surface area contributed by atoms with Crippen LogP contribution in [-0.4, -0.2) is 29.3 Å². The zero-order valence-corrected chi connectivity index (χ0v) is 12.8. The van der Waals surface area contributed by atoms with Gasteiger partial charge in [-0.25, -0.2) is 4.79 Å². The lowest BCUT2D eigenvalue weighted by molar-refractivity contribution is -0.383. The van der Waals surface area contributed by atoms with Crippen LogP contribution in [0.4, 0.5) is 21.9 Å². The Labute approximate surface area is 138 Å². The number of rotatable bonds is 7. The first-order valence-corrected chi connectivity index (χ1v) is 7.21. The normalized spacial score (nSPS) is 10.0. The number of hydrogen-bond donors (Lipinski definition) is 3. The van der Waals surface area contributed by atoms with Crippen molar-refractivity contribution in [1.29, 1.82) is 0 Å². The fourth-order valence-corrected chi connectivity index (χ4v) is 1.98. The van der Waals surface area contributed by atoms with Gasteiger partial charge >= 0.3 is 6.09 Å². The highest BCUT2D eigenvalue weighted by Crippen LogP contribution is 2.27. The van der Waals surface area contributed by atoms with Gasteiger partial charge in [0.25, 0.3) is 5.69 Å². The lowest BCUT2D eigenvalue weighted by Gasteiger charge is -2.09. The lowest BCUT2D eigenvalue weighted by Crippen LogP contribution is -2.14. The van der Waals surface area contributed by atoms with Gasteiger partial charge in [-0.1, -0.05) is 30.3 Å². The summed E-state index contributed by atoms with van der Waals surface area (Å²) in [5.41, 5.74) is 1.14. The molecule has 3 N–H and O–H groups in total. The first-order chi connectivity index (χ1) is 11.6. The van der Waals surface area contributed by atoms with Crippen LogP contribution in [0.5, 0.6) is 0 Å². The number of nitro benzene ring substituents is 1. The number of aliphatic hydroxyl groups excluding tert-OH is 1. The summed E-state index contributed by atoms with van der Waals surface area (Å²) in [6.45, 7) is 0.139. The number of carbonyl (C=O) groups is 1. The van der Waals surface area contributed by atoms with E-state index in [1.54, 1.807) is 0 Å². The van der Waals surface area contributed by atoms with E-state index in [-0.39, 0.29) is 36.8 Å². The van der Waals surface area contributed by atoms with Gasteiger partial charge in [-0.15, -0.1) is 0 Å². The first-order valence-electron chi connectivity index (χ1n) is 7.21. The van der Waals surface area contributed by atoms with Crippen LogP contribution in [-0.2, 0) is 11.3 Å². The summed E-state index contributed by atoms with van der Waals surface area (Å²) in [4.78, 5) is 22.3. The number of anilines is 2. The number of aliphatic hydroxyl groups is 1. The average Bonchev–Trinajstić information content (AvgIpc) is 2.59. The molecule has 126 valence electrons. The molecule has 0 atom stereocenters. The van der Waals surface area contributed by atoms with Crippen molar-refractivity contribution >= 4 is 23.2 Å². The molecule has 0 bridgehead atoms. The highest BCUT2D eigenvalue weighted by molar-refractivity contribution is 5.86. The highest BCUT2D eigenvalue weighted by atomic mass is 16.6. The van der Waals surface area contributed by atoms with Crippen LogP contribution in [0.3, 0.4) is 0 Å². The molecule has 0 spiro atoms. The molecule has 0 saturated carbocycles. The van der Waals surface area contributed by atoms with Gasteiger partial charge in [0.2, 0.25) is 0 Å². The van der Waals surface area contributed by atoms with Crippen molar-refractivity contribution in [2.75, 3.05) is 23.8 Å². The Morgan fingerprint density at radius 3 is 2.62 bits per heavy atom. The maximum absolute atomic E-state index is 11.8. The SMILES string of the molecule is O=C(Nc1ccc(NCCO)c([N+](=O)[O-])c1)OCc1ccccc1. The van der Waals surface area contributed by atoms with Crippen LogP contribution >= 0.6 is 0 Å². The second kappa shape index (κ2) is 8.49. The third-order valence-electron chi connectivity index (χ3n) is 3.08. The Morgan fingerprint density at radius 1 is 1.21 bits per heavy atom. The molecule has 0 fully saturated rings. The van der Waals surface area contributed by atoms with E-state index in [9.17, 15) is 14.9 Å². The molecule has 0 radical (unpaired) electrons. The molecule has 8 heteroatoms. The van der Waals surface area contributed by atoms with Gasteiger partial charge in [0, 0.05) is 12.6 Å². The number of nitrogens with one attached hydrogen (secondary N) is 2. The van der Waals surface area contributed by atoms with E-state index in [0.717, 1.165) is 5.56 Å². The average molecular weight is 331 g/mol. The van der Waals surface area contributed by atoms with Crippen LogP contribution in [0.15, 0.2) is 48.5 Å². The van der Waals surface area contributed by atoms with E-state index in [4.69, 9.17) is 9.84 Å². The zero-order valence-electron chi connectivity index (χ0n) is 12.8. The van der Waals surface area contributed by atoms with E-state index < -0.39 is 11.0 Å². The molecule has 0 aliphatic heterocycles. The minimum Gasteiger partial charge on any atom is -0.444 e. The molecule has 2 aromatic rings. The Hall–Kier alpha value is -3.13. The van der Waals surface area contributed by atoms with Crippen LogP contribution < -0.4 is 10.6 Å². The first kappa shape index (κ1) is 17.2. The molecule has 24 heavy (non-hydrogen) atoms. The highest BCUT2D eigenvalue weighted by Gasteiger charge is 2.15. The van der Waals surface area contributed by atoms with Gasteiger partial charge in [-0.2, -0.15) is 0 Å². The zero-order chi connectivity index (χ0) is 17.4. The summed E-state index contributed by atoms with van der Waals surface area (Å²) >= 11 is 0. The Bertz CT molecular complexity index is 706. The van der Waals surface area contributed by atoms with Gasteiger partial charge in [0.1, 0.15) is 12.3 Å².